The molecule has 0 aromatic carbocycles. The van der Waals surface area contributed by atoms with Gasteiger partial charge < -0.3 is 14.7 Å². The van der Waals surface area contributed by atoms with Crippen LogP contribution in [0.5, 0.6) is 0 Å². The van der Waals surface area contributed by atoms with Crippen LogP contribution in [0.4, 0.5) is 0 Å². The zero-order valence-corrected chi connectivity index (χ0v) is 12.8. The summed E-state index contributed by atoms with van der Waals surface area (Å²) >= 11 is 1.56. The molecular formula is C15H21NO3S. The molecule has 1 aromatic heterocycles. The molecule has 0 atom stereocenters. The normalized spacial score (nSPS) is 9.95. The monoisotopic (exact) mass is 295 g/mol. The Morgan fingerprint density at radius 1 is 1.55 bits per heavy atom. The van der Waals surface area contributed by atoms with Crippen LogP contribution in [-0.2, 0) is 16.1 Å². The van der Waals surface area contributed by atoms with E-state index >= 15 is 0 Å². The lowest BCUT2D eigenvalue weighted by molar-refractivity contribution is -0.130. The molecule has 0 bridgehead atoms. The molecule has 0 unspecified atom stereocenters. The molecule has 0 aliphatic rings. The van der Waals surface area contributed by atoms with Crippen LogP contribution in [0.25, 0.3) is 0 Å². The maximum absolute atomic E-state index is 11.9. The molecule has 20 heavy (non-hydrogen) atoms. The smallest absolute Gasteiger partial charge is 0.222 e. The van der Waals surface area contributed by atoms with E-state index < -0.39 is 0 Å². The van der Waals surface area contributed by atoms with E-state index in [1.54, 1.807) is 23.3 Å². The first-order valence-electron chi connectivity index (χ1n) is 6.57. The molecule has 1 rings (SSSR count). The van der Waals surface area contributed by atoms with Crippen LogP contribution in [0.3, 0.4) is 0 Å². The predicted octanol–water partition coefficient (Wildman–Crippen LogP) is 1.87. The standard InChI is InChI=1S/C15H21NO3S/c1-16(15(18)7-5-9-19-2)11-13-10-14(20-12-13)6-3-4-8-17/h10,12,17H,4-5,7-9,11H2,1-2H3. The minimum Gasteiger partial charge on any atom is -0.395 e. The zero-order chi connectivity index (χ0) is 14.8. The number of thiophene rings is 1. The molecular weight excluding hydrogens is 274 g/mol. The van der Waals surface area contributed by atoms with Crippen LogP contribution >= 0.6 is 11.3 Å². The first-order valence-corrected chi connectivity index (χ1v) is 7.45. The number of amides is 1. The van der Waals surface area contributed by atoms with Gasteiger partial charge in [-0.3, -0.25) is 4.79 Å². The first kappa shape index (κ1) is 16.7. The molecule has 0 fully saturated rings. The van der Waals surface area contributed by atoms with Crippen molar-refractivity contribution in [3.8, 4) is 11.8 Å². The summed E-state index contributed by atoms with van der Waals surface area (Å²) < 4.78 is 4.94. The lowest BCUT2D eigenvalue weighted by atomic mass is 10.2. The van der Waals surface area contributed by atoms with E-state index in [1.807, 2.05) is 18.5 Å². The number of hydrogen-bond acceptors (Lipinski definition) is 4. The van der Waals surface area contributed by atoms with Gasteiger partial charge in [-0.2, -0.15) is 0 Å². The highest BCUT2D eigenvalue weighted by atomic mass is 32.1. The van der Waals surface area contributed by atoms with Crippen molar-refractivity contribution in [1.29, 1.82) is 0 Å². The Balaban J connectivity index is 2.44. The number of rotatable bonds is 7. The van der Waals surface area contributed by atoms with Gasteiger partial charge >= 0.3 is 0 Å². The summed E-state index contributed by atoms with van der Waals surface area (Å²) in [4.78, 5) is 14.5. The van der Waals surface area contributed by atoms with E-state index in [0.717, 1.165) is 16.9 Å². The molecule has 1 N–H and O–H groups in total. The van der Waals surface area contributed by atoms with Crippen molar-refractivity contribution in [3.05, 3.63) is 21.9 Å². The second-order valence-corrected chi connectivity index (χ2v) is 5.35. The SMILES string of the molecule is COCCCC(=O)N(C)Cc1csc(C#CCCO)c1. The average molecular weight is 295 g/mol. The van der Waals surface area contributed by atoms with Gasteiger partial charge in [-0.15, -0.1) is 11.3 Å². The number of ether oxygens (including phenoxy) is 1. The van der Waals surface area contributed by atoms with Gasteiger partial charge in [0.05, 0.1) is 11.5 Å². The van der Waals surface area contributed by atoms with Gasteiger partial charge in [-0.1, -0.05) is 11.8 Å². The Labute approximate surface area is 124 Å². The fraction of sp³-hybridized carbons (Fsp3) is 0.533. The van der Waals surface area contributed by atoms with Crippen LogP contribution in [0.1, 0.15) is 29.7 Å². The summed E-state index contributed by atoms with van der Waals surface area (Å²) in [5.41, 5.74) is 1.09. The van der Waals surface area contributed by atoms with E-state index in [4.69, 9.17) is 9.84 Å². The number of nitrogens with zero attached hydrogens (tertiary/aromatic N) is 1. The van der Waals surface area contributed by atoms with Crippen molar-refractivity contribution in [1.82, 2.24) is 4.90 Å². The van der Waals surface area contributed by atoms with Crippen LogP contribution in [-0.4, -0.2) is 43.3 Å². The first-order chi connectivity index (χ1) is 9.67. The van der Waals surface area contributed by atoms with Gasteiger partial charge in [0.2, 0.25) is 5.91 Å². The molecule has 0 aliphatic carbocycles. The minimum absolute atomic E-state index is 0.0872. The molecule has 110 valence electrons. The topological polar surface area (TPSA) is 49.8 Å². The largest absolute Gasteiger partial charge is 0.395 e. The van der Waals surface area contributed by atoms with Gasteiger partial charge in [0.15, 0.2) is 0 Å². The van der Waals surface area contributed by atoms with Crippen LogP contribution in [0.15, 0.2) is 11.4 Å². The van der Waals surface area contributed by atoms with Gasteiger partial charge in [0.1, 0.15) is 0 Å². The van der Waals surface area contributed by atoms with E-state index in [-0.39, 0.29) is 12.5 Å². The lowest BCUT2D eigenvalue weighted by Crippen LogP contribution is -2.25. The number of hydrogen-bond donors (Lipinski definition) is 1. The number of methoxy groups -OCH3 is 1. The Morgan fingerprint density at radius 2 is 2.35 bits per heavy atom. The second-order valence-electron chi connectivity index (χ2n) is 4.44. The summed E-state index contributed by atoms with van der Waals surface area (Å²) in [6, 6.07) is 1.99. The van der Waals surface area contributed by atoms with Gasteiger partial charge in [0.25, 0.3) is 0 Å². The molecule has 0 aliphatic heterocycles. The highest BCUT2D eigenvalue weighted by Gasteiger charge is 2.09. The van der Waals surface area contributed by atoms with Crippen molar-refractivity contribution in [3.63, 3.8) is 0 Å². The summed E-state index contributed by atoms with van der Waals surface area (Å²) in [6.45, 7) is 1.30. The van der Waals surface area contributed by atoms with E-state index in [1.165, 1.54) is 0 Å². The van der Waals surface area contributed by atoms with E-state index in [9.17, 15) is 4.79 Å². The fourth-order valence-corrected chi connectivity index (χ4v) is 2.42. The number of aliphatic hydroxyl groups excluding tert-OH is 1. The maximum Gasteiger partial charge on any atom is 0.222 e. The van der Waals surface area contributed by atoms with Gasteiger partial charge in [0, 0.05) is 40.2 Å². The zero-order valence-electron chi connectivity index (χ0n) is 12.0. The van der Waals surface area contributed by atoms with Crippen LogP contribution < -0.4 is 0 Å². The van der Waals surface area contributed by atoms with E-state index in [2.05, 4.69) is 11.8 Å². The maximum atomic E-state index is 11.9. The van der Waals surface area contributed by atoms with Crippen LogP contribution in [0, 0.1) is 11.8 Å². The quantitative estimate of drug-likeness (QED) is 0.617. The van der Waals surface area contributed by atoms with Gasteiger partial charge in [-0.05, 0) is 23.4 Å². The molecule has 0 saturated carbocycles. The molecule has 1 heterocycles. The highest BCUT2D eigenvalue weighted by molar-refractivity contribution is 7.10. The van der Waals surface area contributed by atoms with Crippen molar-refractivity contribution < 1.29 is 14.6 Å². The average Bonchev–Trinajstić information content (AvgIpc) is 2.86. The molecule has 0 spiro atoms. The van der Waals surface area contributed by atoms with Crippen molar-refractivity contribution in [2.24, 2.45) is 0 Å². The number of carbonyl (C=O) groups excluding carboxylic acids is 1. The summed E-state index contributed by atoms with van der Waals surface area (Å²) in [6.07, 6.45) is 1.75. The molecule has 5 heteroatoms. The highest BCUT2D eigenvalue weighted by Crippen LogP contribution is 2.15. The third-order valence-corrected chi connectivity index (χ3v) is 3.58. The molecule has 1 aromatic rings. The second kappa shape index (κ2) is 9.54. The van der Waals surface area contributed by atoms with Crippen molar-refractivity contribution >= 4 is 17.2 Å². The third kappa shape index (κ3) is 6.20. The van der Waals surface area contributed by atoms with Crippen molar-refractivity contribution in [2.45, 2.75) is 25.8 Å². The fourth-order valence-electron chi connectivity index (χ4n) is 1.65. The summed E-state index contributed by atoms with van der Waals surface area (Å²) in [5.74, 6) is 6.02. The number of aliphatic hydroxyl groups is 1. The minimum atomic E-state index is 0.0872. The Hall–Kier alpha value is -1.35. The predicted molar refractivity (Wildman–Crippen MR) is 80.5 cm³/mol. The van der Waals surface area contributed by atoms with Crippen molar-refractivity contribution in [2.75, 3.05) is 27.4 Å². The lowest BCUT2D eigenvalue weighted by Gasteiger charge is -2.16. The summed E-state index contributed by atoms with van der Waals surface area (Å²) in [5, 5.41) is 10.7. The Morgan fingerprint density at radius 3 is 3.05 bits per heavy atom. The van der Waals surface area contributed by atoms with Gasteiger partial charge in [-0.25, -0.2) is 0 Å². The van der Waals surface area contributed by atoms with E-state index in [0.29, 0.717) is 26.0 Å². The molecule has 0 radical (unpaired) electrons. The van der Waals surface area contributed by atoms with Crippen LogP contribution in [0.2, 0.25) is 0 Å². The summed E-state index contributed by atoms with van der Waals surface area (Å²) in [7, 11) is 3.45. The molecule has 0 saturated heterocycles. The molecule has 4 nitrogen and oxygen atoms in total. The third-order valence-electron chi connectivity index (χ3n) is 2.69. The molecule has 1 amide bonds. The Bertz CT molecular complexity index is 473. The number of carbonyl (C=O) groups is 1. The Kier molecular flexibility index (Phi) is 7.97.